The van der Waals surface area contributed by atoms with Crippen LogP contribution in [0, 0.1) is 13.8 Å². The van der Waals surface area contributed by atoms with Gasteiger partial charge in [0.15, 0.2) is 0 Å². The second-order valence-corrected chi connectivity index (χ2v) is 9.47. The molecule has 0 unspecified atom stereocenters. The van der Waals surface area contributed by atoms with E-state index >= 15 is 0 Å². The lowest BCUT2D eigenvalue weighted by Gasteiger charge is -2.10. The minimum atomic E-state index is -4.11. The van der Waals surface area contributed by atoms with Crippen LogP contribution in [0.5, 0.6) is 0 Å². The second kappa shape index (κ2) is 9.59. The van der Waals surface area contributed by atoms with Gasteiger partial charge >= 0.3 is 12.2 Å². The van der Waals surface area contributed by atoms with Crippen molar-refractivity contribution >= 4 is 32.2 Å². The molecule has 2 N–H and O–H groups in total. The van der Waals surface area contributed by atoms with Crippen molar-refractivity contribution in [2.45, 2.75) is 23.6 Å². The summed E-state index contributed by atoms with van der Waals surface area (Å²) in [6.45, 7) is 2.57. The van der Waals surface area contributed by atoms with Crippen LogP contribution in [-0.2, 0) is 29.5 Å². The predicted octanol–water partition coefficient (Wildman–Crippen LogP) is 1.83. The number of hydrogen-bond acceptors (Lipinski definition) is 8. The lowest BCUT2D eigenvalue weighted by molar-refractivity contribution is 0.101. The van der Waals surface area contributed by atoms with Crippen LogP contribution in [0.2, 0.25) is 0 Å². The zero-order valence-corrected chi connectivity index (χ0v) is 17.7. The third-order valence-corrected chi connectivity index (χ3v) is 6.30. The molecule has 0 radical (unpaired) electrons. The number of nitrogens with one attached hydrogen (secondary N) is 2. The van der Waals surface area contributed by atoms with Crippen LogP contribution in [0.25, 0.3) is 0 Å². The maximum absolute atomic E-state index is 12.0. The number of benzene rings is 2. The number of ether oxygens (including phenoxy) is 2. The summed E-state index contributed by atoms with van der Waals surface area (Å²) in [4.78, 5) is 23.0. The first-order valence-electron chi connectivity index (χ1n) is 8.52. The minimum Gasteiger partial charge on any atom is -0.445 e. The summed E-state index contributed by atoms with van der Waals surface area (Å²) in [5.41, 5.74) is 1.69. The highest BCUT2D eigenvalue weighted by molar-refractivity contribution is 7.90. The molecular formula is C18H20N2O8S2. The molecule has 0 spiro atoms. The normalized spacial score (nSPS) is 11.4. The van der Waals surface area contributed by atoms with E-state index in [4.69, 9.17) is 0 Å². The van der Waals surface area contributed by atoms with Gasteiger partial charge in [-0.25, -0.2) is 35.9 Å². The highest BCUT2D eigenvalue weighted by Gasteiger charge is 2.20. The Balaban J connectivity index is 1.77. The van der Waals surface area contributed by atoms with Gasteiger partial charge < -0.3 is 9.47 Å². The van der Waals surface area contributed by atoms with Crippen molar-refractivity contribution in [1.29, 1.82) is 0 Å². The molecule has 2 amide bonds. The molecule has 0 saturated carbocycles. The molecule has 0 atom stereocenters. The highest BCUT2D eigenvalue weighted by Crippen LogP contribution is 2.11. The van der Waals surface area contributed by atoms with Gasteiger partial charge in [-0.15, -0.1) is 0 Å². The number of hydrogen-bond donors (Lipinski definition) is 2. The first-order valence-corrected chi connectivity index (χ1v) is 11.5. The number of rotatable bonds is 7. The molecule has 0 aliphatic rings. The summed E-state index contributed by atoms with van der Waals surface area (Å²) in [5.74, 6) is 0. The van der Waals surface area contributed by atoms with Crippen LogP contribution in [0.1, 0.15) is 11.1 Å². The van der Waals surface area contributed by atoms with Crippen LogP contribution in [-0.4, -0.2) is 42.2 Å². The van der Waals surface area contributed by atoms with Gasteiger partial charge in [-0.05, 0) is 38.1 Å². The van der Waals surface area contributed by atoms with Crippen LogP contribution in [0.4, 0.5) is 9.59 Å². The van der Waals surface area contributed by atoms with Gasteiger partial charge in [-0.3, -0.25) is 0 Å². The maximum atomic E-state index is 12.0. The Morgan fingerprint density at radius 1 is 0.667 bits per heavy atom. The lowest BCUT2D eigenvalue weighted by Crippen LogP contribution is -2.34. The topological polar surface area (TPSA) is 145 Å². The van der Waals surface area contributed by atoms with Gasteiger partial charge in [0.1, 0.15) is 13.2 Å². The maximum Gasteiger partial charge on any atom is 0.421 e. The third-order valence-electron chi connectivity index (χ3n) is 3.65. The molecule has 162 valence electrons. The highest BCUT2D eigenvalue weighted by atomic mass is 32.2. The van der Waals surface area contributed by atoms with E-state index in [0.717, 1.165) is 11.1 Å². The summed E-state index contributed by atoms with van der Waals surface area (Å²) >= 11 is 0. The summed E-state index contributed by atoms with van der Waals surface area (Å²) in [6.07, 6.45) is -2.54. The van der Waals surface area contributed by atoms with Gasteiger partial charge in [0, 0.05) is 0 Å². The van der Waals surface area contributed by atoms with Gasteiger partial charge in [-0.2, -0.15) is 0 Å². The van der Waals surface area contributed by atoms with Crippen molar-refractivity contribution < 1.29 is 35.9 Å². The molecule has 0 aromatic heterocycles. The molecule has 30 heavy (non-hydrogen) atoms. The fourth-order valence-electron chi connectivity index (χ4n) is 2.10. The SMILES string of the molecule is Cc1ccc(S(=O)(=O)NC(=O)OCCOC(=O)NS(=O)(=O)c2ccc(C)cc2)cc1. The molecule has 0 bridgehead atoms. The molecule has 0 saturated heterocycles. The van der Waals surface area contributed by atoms with E-state index in [0.29, 0.717) is 0 Å². The average molecular weight is 456 g/mol. The zero-order chi connectivity index (χ0) is 22.4. The summed E-state index contributed by atoms with van der Waals surface area (Å²) in [6, 6.07) is 11.6. The molecule has 12 heteroatoms. The summed E-state index contributed by atoms with van der Waals surface area (Å²) in [5, 5.41) is 0. The number of carbonyl (C=O) groups is 2. The van der Waals surface area contributed by atoms with Crippen molar-refractivity contribution in [3.63, 3.8) is 0 Å². The van der Waals surface area contributed by atoms with Crippen LogP contribution < -0.4 is 9.44 Å². The number of sulfonamides is 2. The molecular weight excluding hydrogens is 436 g/mol. The summed E-state index contributed by atoms with van der Waals surface area (Å²) < 4.78 is 60.8. The van der Waals surface area contributed by atoms with Crippen molar-refractivity contribution in [2.24, 2.45) is 0 Å². The number of carbonyl (C=O) groups excluding carboxylic acids is 2. The molecule has 2 rings (SSSR count). The van der Waals surface area contributed by atoms with Gasteiger partial charge in [0.2, 0.25) is 0 Å². The van der Waals surface area contributed by atoms with E-state index in [1.54, 1.807) is 47.6 Å². The Kier molecular flexibility index (Phi) is 7.40. The third kappa shape index (κ3) is 6.74. The van der Waals surface area contributed by atoms with Gasteiger partial charge in [0.25, 0.3) is 20.0 Å². The largest absolute Gasteiger partial charge is 0.445 e. The molecule has 2 aromatic carbocycles. The smallest absolute Gasteiger partial charge is 0.421 e. The first-order chi connectivity index (χ1) is 14.0. The van der Waals surface area contributed by atoms with Crippen molar-refractivity contribution in [3.05, 3.63) is 59.7 Å². The molecule has 0 fully saturated rings. The Bertz CT molecular complexity index is 1020. The average Bonchev–Trinajstić information content (AvgIpc) is 2.65. The summed E-state index contributed by atoms with van der Waals surface area (Å²) in [7, 11) is -8.22. The Morgan fingerprint density at radius 3 is 1.27 bits per heavy atom. The van der Waals surface area contributed by atoms with E-state index in [-0.39, 0.29) is 9.79 Å². The van der Waals surface area contributed by atoms with E-state index in [1.807, 2.05) is 0 Å². The molecule has 2 aromatic rings. The van der Waals surface area contributed by atoms with E-state index in [2.05, 4.69) is 9.47 Å². The minimum absolute atomic E-state index is 0.123. The Hall–Kier alpha value is -3.12. The van der Waals surface area contributed by atoms with Crippen molar-refractivity contribution in [1.82, 2.24) is 9.44 Å². The Labute approximate surface area is 174 Å². The second-order valence-electron chi connectivity index (χ2n) is 6.11. The predicted molar refractivity (Wildman–Crippen MR) is 106 cm³/mol. The standard InChI is InChI=1S/C18H20N2O8S2/c1-13-3-7-15(8-4-13)29(23,24)19-17(21)27-11-12-28-18(22)20-30(25,26)16-9-5-14(2)6-10-16/h3-10H,11-12H2,1-2H3,(H,19,21)(H,20,22). The van der Waals surface area contributed by atoms with E-state index < -0.39 is 45.4 Å². The monoisotopic (exact) mass is 456 g/mol. The first kappa shape index (κ1) is 23.2. The molecule has 10 nitrogen and oxygen atoms in total. The van der Waals surface area contributed by atoms with Gasteiger partial charge in [0.05, 0.1) is 9.79 Å². The Morgan fingerprint density at radius 2 is 0.967 bits per heavy atom. The van der Waals surface area contributed by atoms with Crippen LogP contribution in [0.15, 0.2) is 58.3 Å². The molecule has 0 aliphatic heterocycles. The van der Waals surface area contributed by atoms with Crippen LogP contribution >= 0.6 is 0 Å². The van der Waals surface area contributed by atoms with Crippen LogP contribution in [0.3, 0.4) is 0 Å². The van der Waals surface area contributed by atoms with Gasteiger partial charge in [-0.1, -0.05) is 35.4 Å². The quantitative estimate of drug-likeness (QED) is 0.600. The van der Waals surface area contributed by atoms with E-state index in [1.165, 1.54) is 24.3 Å². The molecule has 0 heterocycles. The number of aryl methyl sites for hydroxylation is 2. The van der Waals surface area contributed by atoms with E-state index in [9.17, 15) is 26.4 Å². The fraction of sp³-hybridized carbons (Fsp3) is 0.222. The lowest BCUT2D eigenvalue weighted by atomic mass is 10.2. The fourth-order valence-corrected chi connectivity index (χ4v) is 3.88. The van der Waals surface area contributed by atoms with Crippen molar-refractivity contribution in [3.8, 4) is 0 Å². The van der Waals surface area contributed by atoms with Crippen molar-refractivity contribution in [2.75, 3.05) is 13.2 Å². The number of amides is 2. The zero-order valence-electron chi connectivity index (χ0n) is 16.1. The molecule has 0 aliphatic carbocycles.